The summed E-state index contributed by atoms with van der Waals surface area (Å²) in [6.45, 7) is 0. The Kier molecular flexibility index (Phi) is 5.30. The van der Waals surface area contributed by atoms with E-state index in [1.165, 1.54) is 22.3 Å². The molecule has 194 valence electrons. The number of hydrogen-bond acceptors (Lipinski definition) is 0. The Labute approximate surface area is 246 Å². The quantitative estimate of drug-likeness (QED) is 0.187. The molecule has 0 nitrogen and oxygen atoms in total. The predicted molar refractivity (Wildman–Crippen MR) is 167 cm³/mol. The van der Waals surface area contributed by atoms with Crippen LogP contribution in [-0.2, 0) is 33.1 Å². The van der Waals surface area contributed by atoms with E-state index in [0.29, 0.717) is 7.25 Å². The Balaban J connectivity index is 1.54. The molecule has 1 heterocycles. The summed E-state index contributed by atoms with van der Waals surface area (Å²) in [5.41, 5.74) is 15.2. The van der Waals surface area contributed by atoms with E-state index in [-0.39, 0.29) is 0 Å². The van der Waals surface area contributed by atoms with Crippen LogP contribution in [0.15, 0.2) is 146 Å². The van der Waals surface area contributed by atoms with Gasteiger partial charge >= 0.3 is 248 Å². The zero-order valence-electron chi connectivity index (χ0n) is 22.9. The normalized spacial score (nSPS) is 18.7. The third kappa shape index (κ3) is 3.19. The van der Waals surface area contributed by atoms with Gasteiger partial charge in [-0.1, -0.05) is 0 Å². The van der Waals surface area contributed by atoms with Gasteiger partial charge in [-0.3, -0.25) is 0 Å². The third-order valence-corrected chi connectivity index (χ3v) is 23.9. The van der Waals surface area contributed by atoms with E-state index in [2.05, 4.69) is 146 Å². The average molecular weight is 602 g/mol. The number of rotatable bonds is 2. The SMILES string of the molecule is c1cc[c]([Zr]2([c]3ccccc3)[CH]3c4ccccc4-c4cccc(c43)CCc3cccc4c3[CH]2c2ccccc2-4)cc1. The van der Waals surface area contributed by atoms with E-state index in [1.807, 2.05) is 0 Å². The van der Waals surface area contributed by atoms with Gasteiger partial charge in [-0.05, 0) is 0 Å². The summed E-state index contributed by atoms with van der Waals surface area (Å²) in [6, 6.07) is 56.6. The van der Waals surface area contributed by atoms with E-state index >= 15 is 0 Å². The number of benzene rings is 6. The molecule has 3 aliphatic rings. The zero-order chi connectivity index (χ0) is 27.0. The average Bonchev–Trinajstić information content (AvgIpc) is 3.58. The molecule has 6 aromatic rings. The van der Waals surface area contributed by atoms with Crippen molar-refractivity contribution in [2.75, 3.05) is 0 Å². The molecule has 0 radical (unpaired) electrons. The Morgan fingerprint density at radius 2 is 0.756 bits per heavy atom. The molecule has 0 amide bonds. The third-order valence-electron chi connectivity index (χ3n) is 10.2. The molecule has 2 atom stereocenters. The minimum absolute atomic E-state index is 0.381. The Bertz CT molecular complexity index is 1810. The maximum absolute atomic E-state index is 3.91. The van der Waals surface area contributed by atoms with Gasteiger partial charge in [0.25, 0.3) is 0 Å². The van der Waals surface area contributed by atoms with Gasteiger partial charge in [0, 0.05) is 0 Å². The van der Waals surface area contributed by atoms with E-state index in [0.717, 1.165) is 12.8 Å². The molecule has 2 aliphatic carbocycles. The molecule has 1 heteroatoms. The van der Waals surface area contributed by atoms with Gasteiger partial charge in [0.1, 0.15) is 0 Å². The van der Waals surface area contributed by atoms with Gasteiger partial charge in [0.05, 0.1) is 0 Å². The molecular weight excluding hydrogens is 572 g/mol. The first-order valence-electron chi connectivity index (χ1n) is 14.9. The van der Waals surface area contributed by atoms with Crippen molar-refractivity contribution in [3.63, 3.8) is 0 Å². The first kappa shape index (κ1) is 23.9. The molecule has 1 aliphatic heterocycles. The van der Waals surface area contributed by atoms with Gasteiger partial charge < -0.3 is 0 Å². The van der Waals surface area contributed by atoms with Crippen molar-refractivity contribution in [1.82, 2.24) is 0 Å². The summed E-state index contributed by atoms with van der Waals surface area (Å²) in [4.78, 5) is 0. The van der Waals surface area contributed by atoms with Crippen LogP contribution in [0.2, 0.25) is 0 Å². The Morgan fingerprint density at radius 3 is 1.22 bits per heavy atom. The van der Waals surface area contributed by atoms with Crippen LogP contribution in [0.3, 0.4) is 0 Å². The molecule has 0 fully saturated rings. The number of fused-ring (bicyclic) bond motifs is 6. The summed E-state index contributed by atoms with van der Waals surface area (Å²) in [6.07, 6.45) is 2.16. The first-order valence-corrected chi connectivity index (χ1v) is 20.2. The van der Waals surface area contributed by atoms with Crippen LogP contribution >= 0.6 is 0 Å². The topological polar surface area (TPSA) is 0 Å². The molecule has 0 aromatic heterocycles. The molecule has 6 aromatic carbocycles. The number of hydrogen-bond donors (Lipinski definition) is 0. The fourth-order valence-electron chi connectivity index (χ4n) is 8.76. The van der Waals surface area contributed by atoms with Gasteiger partial charge in [0.15, 0.2) is 0 Å². The fourth-order valence-corrected chi connectivity index (χ4v) is 24.9. The molecule has 0 spiro atoms. The van der Waals surface area contributed by atoms with E-state index in [1.54, 1.807) is 39.9 Å². The molecule has 41 heavy (non-hydrogen) atoms. The summed E-state index contributed by atoms with van der Waals surface area (Å²) in [5, 5.41) is 0. The molecule has 2 unspecified atom stereocenters. The zero-order valence-corrected chi connectivity index (χ0v) is 25.4. The second-order valence-corrected chi connectivity index (χ2v) is 21.8. The summed E-state index contributed by atoms with van der Waals surface area (Å²) >= 11 is -3.91. The van der Waals surface area contributed by atoms with Crippen molar-refractivity contribution < 1.29 is 20.3 Å². The van der Waals surface area contributed by atoms with Crippen molar-refractivity contribution in [1.29, 1.82) is 0 Å². The van der Waals surface area contributed by atoms with Crippen LogP contribution in [0.4, 0.5) is 0 Å². The van der Waals surface area contributed by atoms with Crippen LogP contribution < -0.4 is 6.54 Å². The Hall–Kier alpha value is -3.80. The number of aryl methyl sites for hydroxylation is 2. The second kappa shape index (κ2) is 9.10. The van der Waals surface area contributed by atoms with Crippen molar-refractivity contribution in [3.05, 3.63) is 179 Å². The van der Waals surface area contributed by atoms with Crippen molar-refractivity contribution >= 4 is 6.54 Å². The summed E-state index contributed by atoms with van der Waals surface area (Å²) < 4.78 is 3.96. The van der Waals surface area contributed by atoms with Crippen LogP contribution in [0.1, 0.15) is 40.6 Å². The molecule has 0 bridgehead atoms. The second-order valence-electron chi connectivity index (χ2n) is 11.9. The molecule has 0 N–H and O–H groups in total. The molecular formula is C40H30Zr. The van der Waals surface area contributed by atoms with E-state index in [4.69, 9.17) is 0 Å². The molecule has 9 rings (SSSR count). The van der Waals surface area contributed by atoms with Gasteiger partial charge in [-0.15, -0.1) is 0 Å². The van der Waals surface area contributed by atoms with Gasteiger partial charge in [-0.25, -0.2) is 0 Å². The fraction of sp³-hybridized carbons (Fsp3) is 0.100. The van der Waals surface area contributed by atoms with Crippen LogP contribution in [0.25, 0.3) is 22.3 Å². The monoisotopic (exact) mass is 600 g/mol. The predicted octanol–water partition coefficient (Wildman–Crippen LogP) is 8.43. The standard InChI is InChI=1S/C28H20.2C6H5.Zr/c1-3-11-23-21(7-1)17-27-19(9-5-13-25(23)27)15-16-20-10-6-14-26-24-12-4-2-8-22(24)18-28(20)26;2*1-2-4-6-5-3-1;/h1-14,17-18H,15-16H2;2*1-5H;. The van der Waals surface area contributed by atoms with E-state index < -0.39 is 20.3 Å². The van der Waals surface area contributed by atoms with Gasteiger partial charge in [0.2, 0.25) is 0 Å². The van der Waals surface area contributed by atoms with Crippen molar-refractivity contribution in [3.8, 4) is 22.3 Å². The van der Waals surface area contributed by atoms with Crippen molar-refractivity contribution in [2.45, 2.75) is 20.1 Å². The Morgan fingerprint density at radius 1 is 0.366 bits per heavy atom. The van der Waals surface area contributed by atoms with Crippen molar-refractivity contribution in [2.24, 2.45) is 0 Å². The molecule has 0 saturated carbocycles. The summed E-state index contributed by atoms with van der Waals surface area (Å²) in [7, 11) is 0. The van der Waals surface area contributed by atoms with E-state index in [9.17, 15) is 0 Å². The van der Waals surface area contributed by atoms with Crippen LogP contribution in [-0.4, -0.2) is 0 Å². The first-order chi connectivity index (χ1) is 20.4. The van der Waals surface area contributed by atoms with Crippen LogP contribution in [0, 0.1) is 0 Å². The van der Waals surface area contributed by atoms with Crippen LogP contribution in [0.5, 0.6) is 0 Å². The van der Waals surface area contributed by atoms with Gasteiger partial charge in [-0.2, -0.15) is 0 Å². The maximum atomic E-state index is 2.49. The summed E-state index contributed by atoms with van der Waals surface area (Å²) in [5.74, 6) is 0. The molecule has 0 saturated heterocycles. The minimum atomic E-state index is -3.91.